The minimum atomic E-state index is -0.905. The smallest absolute Gasteiger partial charge is 0.330 e. The van der Waals surface area contributed by atoms with Crippen LogP contribution in [0.1, 0.15) is 47.2 Å². The van der Waals surface area contributed by atoms with Crippen molar-refractivity contribution >= 4 is 11.9 Å². The second-order valence-corrected chi connectivity index (χ2v) is 12.2. The molecule has 0 aliphatic carbocycles. The van der Waals surface area contributed by atoms with E-state index in [1.54, 1.807) is 13.8 Å². The van der Waals surface area contributed by atoms with Gasteiger partial charge in [0, 0.05) is 0 Å². The van der Waals surface area contributed by atoms with Gasteiger partial charge < -0.3 is 4.74 Å². The molecule has 0 aromatic heterocycles. The van der Waals surface area contributed by atoms with Crippen molar-refractivity contribution in [3.8, 4) is 0 Å². The zero-order valence-corrected chi connectivity index (χ0v) is 27.7. The highest BCUT2D eigenvalue weighted by Crippen LogP contribution is 2.39. The first-order chi connectivity index (χ1) is 23.9. The molecule has 49 heavy (non-hydrogen) atoms. The Morgan fingerprint density at radius 1 is 0.388 bits per heavy atom. The molecule has 244 valence electrons. The van der Waals surface area contributed by atoms with Gasteiger partial charge >= 0.3 is 11.9 Å². The number of benzene rings is 6. The Balaban J connectivity index is 1.32. The number of ether oxygens (including phenoxy) is 1. The summed E-state index contributed by atoms with van der Waals surface area (Å²) in [7, 11) is 0. The van der Waals surface area contributed by atoms with Gasteiger partial charge in [0.05, 0.1) is 11.1 Å². The molecule has 0 heterocycles. The van der Waals surface area contributed by atoms with Gasteiger partial charge in [-0.1, -0.05) is 182 Å². The normalized spacial score (nSPS) is 12.9. The van der Waals surface area contributed by atoms with E-state index in [0.717, 1.165) is 33.4 Å². The molecule has 0 fully saturated rings. The van der Waals surface area contributed by atoms with E-state index in [2.05, 4.69) is 10.6 Å². The molecule has 0 saturated carbocycles. The average Bonchev–Trinajstić information content (AvgIpc) is 3.18. The number of hydrogen-bond donors (Lipinski definition) is 2. The Kier molecular flexibility index (Phi) is 10.2. The number of nitrogens with one attached hydrogen (secondary N) is 2. The highest BCUT2D eigenvalue weighted by molar-refractivity contribution is 5.91. The van der Waals surface area contributed by atoms with E-state index in [0.29, 0.717) is 0 Å². The Morgan fingerprint density at radius 3 is 0.755 bits per heavy atom. The molecule has 5 nitrogen and oxygen atoms in total. The molecule has 2 atom stereocenters. The van der Waals surface area contributed by atoms with E-state index in [4.69, 9.17) is 4.74 Å². The quantitative estimate of drug-likeness (QED) is 0.0803. The van der Waals surface area contributed by atoms with Crippen molar-refractivity contribution in [2.24, 2.45) is 0 Å². The third kappa shape index (κ3) is 6.86. The topological polar surface area (TPSA) is 67.4 Å². The molecule has 6 aromatic rings. The summed E-state index contributed by atoms with van der Waals surface area (Å²) < 4.78 is 5.68. The second kappa shape index (κ2) is 15.1. The molecular formula is C44H40N2O3. The SMILES string of the molecule is C[C@H](NC(c1ccccc1)(c1ccccc1)c1ccccc1)C(=O)OC(=O)[C@H](C)NC(c1ccccc1)(c1ccccc1)c1ccccc1. The van der Waals surface area contributed by atoms with Gasteiger partial charge in [-0.2, -0.15) is 0 Å². The number of esters is 2. The van der Waals surface area contributed by atoms with E-state index < -0.39 is 35.1 Å². The number of carbonyl (C=O) groups excluding carboxylic acids is 2. The van der Waals surface area contributed by atoms with E-state index in [1.807, 2.05) is 182 Å². The van der Waals surface area contributed by atoms with Gasteiger partial charge in [0.2, 0.25) is 0 Å². The van der Waals surface area contributed by atoms with Crippen LogP contribution in [0.2, 0.25) is 0 Å². The monoisotopic (exact) mass is 644 g/mol. The van der Waals surface area contributed by atoms with Crippen LogP contribution < -0.4 is 10.6 Å². The second-order valence-electron chi connectivity index (χ2n) is 12.2. The summed E-state index contributed by atoms with van der Waals surface area (Å²) in [6.45, 7) is 3.47. The first kappa shape index (κ1) is 33.3. The van der Waals surface area contributed by atoms with Crippen molar-refractivity contribution in [2.75, 3.05) is 0 Å². The number of hydrogen-bond acceptors (Lipinski definition) is 5. The van der Waals surface area contributed by atoms with Crippen molar-refractivity contribution in [1.82, 2.24) is 10.6 Å². The lowest BCUT2D eigenvalue weighted by Crippen LogP contribution is -2.54. The molecular weight excluding hydrogens is 604 g/mol. The van der Waals surface area contributed by atoms with Crippen LogP contribution in [0.5, 0.6) is 0 Å². The molecule has 0 bridgehead atoms. The highest BCUT2D eigenvalue weighted by Gasteiger charge is 2.41. The third-order valence-electron chi connectivity index (χ3n) is 9.02. The lowest BCUT2D eigenvalue weighted by molar-refractivity contribution is -0.162. The average molecular weight is 645 g/mol. The van der Waals surface area contributed by atoms with E-state index in [9.17, 15) is 9.59 Å². The maximum Gasteiger partial charge on any atom is 0.330 e. The standard InChI is InChI=1S/C44H40N2O3/c1-33(45-43(35-21-9-3-10-22-35,36-23-11-4-12-24-36)37-25-13-5-14-26-37)41(47)49-42(48)34(2)46-44(38-27-15-6-16-28-38,39-29-17-7-18-30-39)40-31-19-8-20-32-40/h3-34,45-46H,1-2H3/t33-,34-/m0/s1. The summed E-state index contributed by atoms with van der Waals surface area (Å²) in [5.41, 5.74) is 3.90. The van der Waals surface area contributed by atoms with Crippen LogP contribution in [0.3, 0.4) is 0 Å². The van der Waals surface area contributed by atoms with E-state index in [-0.39, 0.29) is 0 Å². The molecule has 2 N–H and O–H groups in total. The minimum absolute atomic E-state index is 0.671. The molecule has 6 rings (SSSR count). The molecule has 0 unspecified atom stereocenters. The lowest BCUT2D eigenvalue weighted by atomic mass is 9.76. The fourth-order valence-electron chi connectivity index (χ4n) is 6.67. The fraction of sp³-hybridized carbons (Fsp3) is 0.136. The van der Waals surface area contributed by atoms with Crippen molar-refractivity contribution in [1.29, 1.82) is 0 Å². The predicted octanol–water partition coefficient (Wildman–Crippen LogP) is 8.00. The molecule has 6 aromatic carbocycles. The largest absolute Gasteiger partial charge is 0.391 e. The molecule has 0 radical (unpaired) electrons. The summed E-state index contributed by atoms with van der Waals surface area (Å²) >= 11 is 0. The third-order valence-corrected chi connectivity index (χ3v) is 9.02. The Bertz CT molecular complexity index is 1600. The maximum atomic E-state index is 13.9. The first-order valence-electron chi connectivity index (χ1n) is 16.6. The fourth-order valence-corrected chi connectivity index (χ4v) is 6.67. The zero-order valence-electron chi connectivity index (χ0n) is 27.7. The van der Waals surface area contributed by atoms with Crippen LogP contribution in [0.15, 0.2) is 182 Å². The molecule has 0 aliphatic heterocycles. The van der Waals surface area contributed by atoms with Gasteiger partial charge in [0.25, 0.3) is 0 Å². The number of rotatable bonds is 12. The van der Waals surface area contributed by atoms with Gasteiger partial charge in [0.1, 0.15) is 12.1 Å². The summed E-state index contributed by atoms with van der Waals surface area (Å²) in [5, 5.41) is 7.20. The van der Waals surface area contributed by atoms with Crippen molar-refractivity contribution in [3.63, 3.8) is 0 Å². The van der Waals surface area contributed by atoms with E-state index >= 15 is 0 Å². The zero-order chi connectivity index (χ0) is 34.1. The predicted molar refractivity (Wildman–Crippen MR) is 195 cm³/mol. The number of carbonyl (C=O) groups is 2. The molecule has 0 aliphatic rings. The van der Waals surface area contributed by atoms with Crippen LogP contribution in [0.4, 0.5) is 0 Å². The van der Waals surface area contributed by atoms with Crippen molar-refractivity contribution in [2.45, 2.75) is 37.0 Å². The van der Waals surface area contributed by atoms with Crippen LogP contribution in [0.25, 0.3) is 0 Å². The Hall–Kier alpha value is -5.62. The Morgan fingerprint density at radius 2 is 0.571 bits per heavy atom. The molecule has 0 saturated heterocycles. The van der Waals surface area contributed by atoms with Crippen molar-refractivity contribution < 1.29 is 14.3 Å². The van der Waals surface area contributed by atoms with Crippen molar-refractivity contribution in [3.05, 3.63) is 215 Å². The van der Waals surface area contributed by atoms with Crippen LogP contribution in [-0.4, -0.2) is 24.0 Å². The Labute approximate surface area is 288 Å². The van der Waals surface area contributed by atoms with Gasteiger partial charge in [0.15, 0.2) is 0 Å². The lowest BCUT2D eigenvalue weighted by Gasteiger charge is -2.39. The summed E-state index contributed by atoms with van der Waals surface area (Å²) in [6, 6.07) is 58.3. The minimum Gasteiger partial charge on any atom is -0.391 e. The van der Waals surface area contributed by atoms with Crippen LogP contribution in [-0.2, 0) is 25.4 Å². The van der Waals surface area contributed by atoms with Gasteiger partial charge in [-0.15, -0.1) is 0 Å². The molecule has 0 amide bonds. The van der Waals surface area contributed by atoms with Gasteiger partial charge in [-0.3, -0.25) is 10.6 Å². The van der Waals surface area contributed by atoms with Crippen LogP contribution >= 0.6 is 0 Å². The maximum absolute atomic E-state index is 13.9. The molecule has 5 heteroatoms. The first-order valence-corrected chi connectivity index (χ1v) is 16.6. The van der Waals surface area contributed by atoms with Crippen LogP contribution in [0, 0.1) is 0 Å². The highest BCUT2D eigenvalue weighted by atomic mass is 16.6. The van der Waals surface area contributed by atoms with Gasteiger partial charge in [-0.05, 0) is 47.2 Å². The van der Waals surface area contributed by atoms with Gasteiger partial charge in [-0.25, -0.2) is 9.59 Å². The van der Waals surface area contributed by atoms with E-state index in [1.165, 1.54) is 0 Å². The molecule has 0 spiro atoms. The summed E-state index contributed by atoms with van der Waals surface area (Å²) in [4.78, 5) is 27.7. The summed E-state index contributed by atoms with van der Waals surface area (Å²) in [5.74, 6) is -1.34. The summed E-state index contributed by atoms with van der Waals surface area (Å²) in [6.07, 6.45) is 0.